The fourth-order valence-electron chi connectivity index (χ4n) is 3.21. The van der Waals surface area contributed by atoms with Gasteiger partial charge in [-0.1, -0.05) is 36.4 Å². The van der Waals surface area contributed by atoms with Crippen LogP contribution in [-0.2, 0) is 11.3 Å². The second kappa shape index (κ2) is 7.22. The fourth-order valence-corrected chi connectivity index (χ4v) is 3.21. The summed E-state index contributed by atoms with van der Waals surface area (Å²) < 4.78 is 7.69. The minimum absolute atomic E-state index is 0.693. The summed E-state index contributed by atoms with van der Waals surface area (Å²) in [6, 6.07) is 16.2. The molecule has 0 aliphatic rings. The molecule has 0 N–H and O–H groups in total. The second-order valence-electron chi connectivity index (χ2n) is 6.31. The number of aryl methyl sites for hydroxylation is 2. The molecule has 0 saturated carbocycles. The Bertz CT molecular complexity index is 1050. The van der Waals surface area contributed by atoms with Crippen LogP contribution >= 0.6 is 0 Å². The lowest BCUT2D eigenvalue weighted by molar-refractivity contribution is 0.142. The fraction of sp³-hybridized carbons (Fsp3) is 0.286. The summed E-state index contributed by atoms with van der Waals surface area (Å²) in [5.74, 6) is 0.921. The first-order valence-corrected chi connectivity index (χ1v) is 9.04. The molecule has 2 aromatic carbocycles. The quantitative estimate of drug-likeness (QED) is 0.486. The van der Waals surface area contributed by atoms with E-state index in [-0.39, 0.29) is 0 Å². The number of benzene rings is 2. The van der Waals surface area contributed by atoms with Crippen LogP contribution in [0.3, 0.4) is 0 Å². The van der Waals surface area contributed by atoms with Gasteiger partial charge in [-0.05, 0) is 38.0 Å². The van der Waals surface area contributed by atoms with Crippen molar-refractivity contribution in [3.05, 3.63) is 54.1 Å². The van der Waals surface area contributed by atoms with Crippen LogP contribution in [0.1, 0.15) is 18.9 Å². The number of nitrogens with zero attached hydrogens (tertiary/aromatic N) is 4. The molecule has 132 valence electrons. The van der Waals surface area contributed by atoms with Crippen LogP contribution in [0, 0.1) is 6.92 Å². The number of imidazole rings is 1. The van der Waals surface area contributed by atoms with Gasteiger partial charge in [0.2, 0.25) is 0 Å². The molecule has 0 aliphatic carbocycles. The van der Waals surface area contributed by atoms with E-state index in [1.165, 1.54) is 5.56 Å². The zero-order chi connectivity index (χ0) is 17.9. The highest BCUT2D eigenvalue weighted by Crippen LogP contribution is 2.27. The Morgan fingerprint density at radius 3 is 2.42 bits per heavy atom. The monoisotopic (exact) mass is 346 g/mol. The minimum Gasteiger partial charge on any atom is -0.382 e. The van der Waals surface area contributed by atoms with Crippen molar-refractivity contribution in [1.82, 2.24) is 19.5 Å². The van der Waals surface area contributed by atoms with Gasteiger partial charge in [0.25, 0.3) is 0 Å². The van der Waals surface area contributed by atoms with Gasteiger partial charge in [-0.3, -0.25) is 0 Å². The van der Waals surface area contributed by atoms with Gasteiger partial charge in [-0.25, -0.2) is 15.0 Å². The Morgan fingerprint density at radius 2 is 1.65 bits per heavy atom. The van der Waals surface area contributed by atoms with Gasteiger partial charge in [0.15, 0.2) is 11.3 Å². The third kappa shape index (κ3) is 3.06. The molecule has 2 aromatic heterocycles. The smallest absolute Gasteiger partial charge is 0.198 e. The number of hydrogen-bond acceptors (Lipinski definition) is 4. The van der Waals surface area contributed by atoms with Crippen molar-refractivity contribution in [1.29, 1.82) is 0 Å². The van der Waals surface area contributed by atoms with E-state index in [0.29, 0.717) is 5.65 Å². The highest BCUT2D eigenvalue weighted by atomic mass is 16.5. The molecule has 2 heterocycles. The first-order chi connectivity index (χ1) is 12.8. The molecule has 0 fully saturated rings. The zero-order valence-corrected chi connectivity index (χ0v) is 15.1. The summed E-state index contributed by atoms with van der Waals surface area (Å²) >= 11 is 0. The molecule has 4 aromatic rings. The van der Waals surface area contributed by atoms with E-state index in [0.717, 1.165) is 54.2 Å². The van der Waals surface area contributed by atoms with Crippen LogP contribution in [0.15, 0.2) is 48.5 Å². The van der Waals surface area contributed by atoms with Gasteiger partial charge in [-0.2, -0.15) is 0 Å². The van der Waals surface area contributed by atoms with Crippen molar-refractivity contribution in [2.24, 2.45) is 0 Å². The topological polar surface area (TPSA) is 52.8 Å². The molecular formula is C21H22N4O. The average Bonchev–Trinajstić information content (AvgIpc) is 3.01. The summed E-state index contributed by atoms with van der Waals surface area (Å²) in [6.07, 6.45) is 0.909. The first-order valence-electron chi connectivity index (χ1n) is 9.04. The van der Waals surface area contributed by atoms with E-state index in [9.17, 15) is 0 Å². The molecule has 0 aliphatic heterocycles. The lowest BCUT2D eigenvalue weighted by Gasteiger charge is -2.10. The van der Waals surface area contributed by atoms with E-state index in [2.05, 4.69) is 23.6 Å². The summed E-state index contributed by atoms with van der Waals surface area (Å²) in [4.78, 5) is 14.4. The van der Waals surface area contributed by atoms with Crippen LogP contribution < -0.4 is 0 Å². The standard InChI is InChI=1S/C21H22N4O/c1-3-26-14-8-13-25-20(16-10-5-4-9-15(16)2)24-19-21(25)23-18-12-7-6-11-17(18)22-19/h4-7,9-12H,3,8,13-14H2,1-2H3. The van der Waals surface area contributed by atoms with Crippen molar-refractivity contribution in [3.8, 4) is 11.4 Å². The van der Waals surface area contributed by atoms with Gasteiger partial charge < -0.3 is 9.30 Å². The van der Waals surface area contributed by atoms with Crippen molar-refractivity contribution >= 4 is 22.3 Å². The SMILES string of the molecule is CCOCCCn1c(-c2ccccc2C)nc2nc3ccccc3nc21. The maximum Gasteiger partial charge on any atom is 0.198 e. The predicted molar refractivity (Wildman–Crippen MR) is 104 cm³/mol. The first kappa shape index (κ1) is 16.7. The van der Waals surface area contributed by atoms with Gasteiger partial charge in [0, 0.05) is 25.3 Å². The maximum atomic E-state index is 5.51. The van der Waals surface area contributed by atoms with Gasteiger partial charge >= 0.3 is 0 Å². The Kier molecular flexibility index (Phi) is 4.63. The molecular weight excluding hydrogens is 324 g/mol. The van der Waals surface area contributed by atoms with Crippen molar-refractivity contribution in [2.75, 3.05) is 13.2 Å². The van der Waals surface area contributed by atoms with E-state index in [1.54, 1.807) is 0 Å². The lowest BCUT2D eigenvalue weighted by Crippen LogP contribution is -2.06. The Balaban J connectivity index is 1.88. The van der Waals surface area contributed by atoms with E-state index < -0.39 is 0 Å². The van der Waals surface area contributed by atoms with Crippen LogP contribution in [0.5, 0.6) is 0 Å². The molecule has 0 spiro atoms. The molecule has 0 saturated heterocycles. The minimum atomic E-state index is 0.693. The zero-order valence-electron chi connectivity index (χ0n) is 15.1. The molecule has 0 radical (unpaired) electrons. The van der Waals surface area contributed by atoms with E-state index in [1.807, 2.05) is 43.3 Å². The molecule has 5 nitrogen and oxygen atoms in total. The molecule has 0 amide bonds. The third-order valence-electron chi connectivity index (χ3n) is 4.52. The predicted octanol–water partition coefficient (Wildman–Crippen LogP) is 4.38. The number of fused-ring (bicyclic) bond motifs is 2. The largest absolute Gasteiger partial charge is 0.382 e. The number of rotatable bonds is 6. The van der Waals surface area contributed by atoms with E-state index in [4.69, 9.17) is 19.7 Å². The van der Waals surface area contributed by atoms with Gasteiger partial charge in [0.1, 0.15) is 5.82 Å². The molecule has 26 heavy (non-hydrogen) atoms. The molecule has 0 unspecified atom stereocenters. The molecule has 5 heteroatoms. The number of aromatic nitrogens is 4. The second-order valence-corrected chi connectivity index (χ2v) is 6.31. The summed E-state index contributed by atoms with van der Waals surface area (Å²) in [5, 5.41) is 0. The van der Waals surface area contributed by atoms with E-state index >= 15 is 0 Å². The van der Waals surface area contributed by atoms with Crippen LogP contribution in [-0.4, -0.2) is 32.7 Å². The van der Waals surface area contributed by atoms with Crippen LogP contribution in [0.2, 0.25) is 0 Å². The highest BCUT2D eigenvalue weighted by Gasteiger charge is 2.16. The summed E-state index contributed by atoms with van der Waals surface area (Å²) in [5.41, 5.74) is 5.60. The van der Waals surface area contributed by atoms with Crippen molar-refractivity contribution in [2.45, 2.75) is 26.8 Å². The number of para-hydroxylation sites is 2. The Hall–Kier alpha value is -2.79. The third-order valence-corrected chi connectivity index (χ3v) is 4.52. The molecule has 4 rings (SSSR count). The van der Waals surface area contributed by atoms with Crippen LogP contribution in [0.25, 0.3) is 33.7 Å². The summed E-state index contributed by atoms with van der Waals surface area (Å²) in [6.45, 7) is 6.39. The highest BCUT2D eigenvalue weighted by molar-refractivity contribution is 5.85. The molecule has 0 atom stereocenters. The normalized spacial score (nSPS) is 11.5. The lowest BCUT2D eigenvalue weighted by atomic mass is 10.1. The van der Waals surface area contributed by atoms with Gasteiger partial charge in [-0.15, -0.1) is 0 Å². The molecule has 0 bridgehead atoms. The number of hydrogen-bond donors (Lipinski definition) is 0. The Morgan fingerprint density at radius 1 is 0.923 bits per heavy atom. The van der Waals surface area contributed by atoms with Crippen molar-refractivity contribution < 1.29 is 4.74 Å². The maximum absolute atomic E-state index is 5.51. The average molecular weight is 346 g/mol. The Labute approximate surface area is 152 Å². The number of ether oxygens (including phenoxy) is 1. The van der Waals surface area contributed by atoms with Gasteiger partial charge in [0.05, 0.1) is 11.0 Å². The van der Waals surface area contributed by atoms with Crippen LogP contribution in [0.4, 0.5) is 0 Å². The van der Waals surface area contributed by atoms with Crippen molar-refractivity contribution in [3.63, 3.8) is 0 Å². The summed E-state index contributed by atoms with van der Waals surface area (Å²) in [7, 11) is 0.